The van der Waals surface area contributed by atoms with Crippen molar-refractivity contribution in [3.63, 3.8) is 0 Å². The van der Waals surface area contributed by atoms with Gasteiger partial charge < -0.3 is 14.7 Å². The Balaban J connectivity index is 1.37. The predicted octanol–water partition coefficient (Wildman–Crippen LogP) is 7.03. The molecule has 0 aliphatic carbocycles. The molecule has 0 radical (unpaired) electrons. The van der Waals surface area contributed by atoms with Gasteiger partial charge in [-0.15, -0.1) is 0 Å². The van der Waals surface area contributed by atoms with Gasteiger partial charge in [0.25, 0.3) is 0 Å². The lowest BCUT2D eigenvalue weighted by Crippen LogP contribution is -2.43. The Morgan fingerprint density at radius 1 is 1.09 bits per heavy atom. The second kappa shape index (κ2) is 11.1. The van der Waals surface area contributed by atoms with Crippen molar-refractivity contribution in [2.45, 2.75) is 50.2 Å². The Kier molecular flexibility index (Phi) is 7.22. The van der Waals surface area contributed by atoms with Gasteiger partial charge in [-0.25, -0.2) is 8.78 Å². The van der Waals surface area contributed by atoms with Crippen LogP contribution in [0.2, 0.25) is 5.02 Å². The van der Waals surface area contributed by atoms with E-state index in [1.165, 1.54) is 6.07 Å². The molecule has 3 aliphatic heterocycles. The van der Waals surface area contributed by atoms with Crippen LogP contribution in [0.1, 0.15) is 38.5 Å². The van der Waals surface area contributed by atoms with Crippen LogP contribution in [0.5, 0.6) is 11.8 Å². The van der Waals surface area contributed by atoms with Crippen molar-refractivity contribution in [2.24, 2.45) is 5.92 Å². The zero-order chi connectivity index (χ0) is 29.7. The van der Waals surface area contributed by atoms with E-state index in [-0.39, 0.29) is 40.4 Å². The maximum Gasteiger partial charge on any atom is 0.319 e. The van der Waals surface area contributed by atoms with Gasteiger partial charge in [0.05, 0.1) is 16.6 Å². The Bertz CT molecular complexity index is 1760. The number of aromatic hydroxyl groups is 1. The molecule has 3 aliphatic rings. The highest BCUT2D eigenvalue weighted by Gasteiger charge is 2.49. The lowest BCUT2D eigenvalue weighted by atomic mass is 9.95. The third-order valence-electron chi connectivity index (χ3n) is 9.40. The number of halogens is 3. The highest BCUT2D eigenvalue weighted by atomic mass is 35.5. The largest absolute Gasteiger partial charge is 0.508 e. The number of benzene rings is 3. The van der Waals surface area contributed by atoms with Crippen LogP contribution in [0.15, 0.2) is 42.5 Å². The molecular formula is C33H32ClF2N5O2. The zero-order valence-corrected chi connectivity index (χ0v) is 24.5. The van der Waals surface area contributed by atoms with Gasteiger partial charge in [-0.2, -0.15) is 15.2 Å². The van der Waals surface area contributed by atoms with Crippen molar-refractivity contribution >= 4 is 39.1 Å². The van der Waals surface area contributed by atoms with Gasteiger partial charge in [0.1, 0.15) is 29.9 Å². The number of phenols is 1. The molecule has 3 fully saturated rings. The molecule has 222 valence electrons. The summed E-state index contributed by atoms with van der Waals surface area (Å²) < 4.78 is 37.4. The van der Waals surface area contributed by atoms with Crippen LogP contribution in [-0.2, 0) is 0 Å². The second-order valence-electron chi connectivity index (χ2n) is 12.1. The highest BCUT2D eigenvalue weighted by molar-refractivity contribution is 6.35. The Morgan fingerprint density at radius 3 is 2.81 bits per heavy atom. The fourth-order valence-electron chi connectivity index (χ4n) is 7.30. The fourth-order valence-corrected chi connectivity index (χ4v) is 7.59. The molecule has 7 rings (SSSR count). The molecule has 3 aromatic carbocycles. The first kappa shape index (κ1) is 28.1. The molecule has 0 spiro atoms. The predicted molar refractivity (Wildman–Crippen MR) is 163 cm³/mol. The van der Waals surface area contributed by atoms with E-state index < -0.39 is 17.5 Å². The molecular weight excluding hydrogens is 572 g/mol. The number of aromatic nitrogens is 2. The standard InChI is InChI=1S/C33H32ClF2N5O2/c34-27-15-26-30(29(36)28(27)25-14-23(42)13-21-6-1-2-7-24(21)25)38-32(39-31(26)40-10-3-5-20(17-37)8-12-40)43-19-33-9-4-11-41(33)18-22(35)16-33/h1-2,6-7,13-15,20,22,42H,3-5,8-12,16,18-19H2/t20?,22-,33+/m1/s1. The molecule has 3 saturated heterocycles. The highest BCUT2D eigenvalue weighted by Crippen LogP contribution is 2.44. The molecule has 1 N–H and O–H groups in total. The lowest BCUT2D eigenvalue weighted by molar-refractivity contribution is 0.107. The van der Waals surface area contributed by atoms with Crippen LogP contribution in [-0.4, -0.2) is 64.5 Å². The normalized spacial score (nSPS) is 24.3. The summed E-state index contributed by atoms with van der Waals surface area (Å²) in [5, 5.41) is 22.1. The molecule has 1 unspecified atom stereocenters. The molecule has 0 bridgehead atoms. The number of phenolic OH excluding ortho intramolecular Hbond substituents is 1. The number of nitrogens with zero attached hydrogens (tertiary/aromatic N) is 5. The number of fused-ring (bicyclic) bond motifs is 3. The third kappa shape index (κ3) is 5.00. The minimum atomic E-state index is -0.901. The van der Waals surface area contributed by atoms with E-state index in [1.807, 2.05) is 24.3 Å². The fraction of sp³-hybridized carbons (Fsp3) is 0.424. The first-order valence-corrected chi connectivity index (χ1v) is 15.3. The monoisotopic (exact) mass is 603 g/mol. The van der Waals surface area contributed by atoms with E-state index >= 15 is 4.39 Å². The Labute approximate surface area is 253 Å². The summed E-state index contributed by atoms with van der Waals surface area (Å²) in [5.74, 6) is -0.191. The Hall–Kier alpha value is -3.74. The van der Waals surface area contributed by atoms with Crippen molar-refractivity contribution in [1.29, 1.82) is 5.26 Å². The van der Waals surface area contributed by atoms with E-state index in [4.69, 9.17) is 21.3 Å². The summed E-state index contributed by atoms with van der Waals surface area (Å²) in [7, 11) is 0. The average molecular weight is 604 g/mol. The van der Waals surface area contributed by atoms with E-state index in [2.05, 4.69) is 20.9 Å². The van der Waals surface area contributed by atoms with Gasteiger partial charge in [-0.1, -0.05) is 35.9 Å². The van der Waals surface area contributed by atoms with E-state index in [0.717, 1.165) is 43.0 Å². The summed E-state index contributed by atoms with van der Waals surface area (Å²) in [6, 6.07) is 14.6. The van der Waals surface area contributed by atoms with Crippen LogP contribution in [0.3, 0.4) is 0 Å². The van der Waals surface area contributed by atoms with Gasteiger partial charge in [0.15, 0.2) is 5.82 Å². The summed E-state index contributed by atoms with van der Waals surface area (Å²) in [4.78, 5) is 13.6. The summed E-state index contributed by atoms with van der Waals surface area (Å²) in [5.41, 5.74) is 0.233. The van der Waals surface area contributed by atoms with Crippen molar-refractivity contribution in [3.05, 3.63) is 53.3 Å². The van der Waals surface area contributed by atoms with Gasteiger partial charge in [0.2, 0.25) is 0 Å². The maximum atomic E-state index is 16.8. The van der Waals surface area contributed by atoms with Crippen molar-refractivity contribution in [2.75, 3.05) is 37.7 Å². The summed E-state index contributed by atoms with van der Waals surface area (Å²) >= 11 is 6.83. The average Bonchev–Trinajstić information content (AvgIpc) is 3.40. The first-order chi connectivity index (χ1) is 20.8. The molecule has 4 aromatic rings. The minimum absolute atomic E-state index is 0.00335. The summed E-state index contributed by atoms with van der Waals surface area (Å²) in [6.45, 7) is 2.66. The van der Waals surface area contributed by atoms with Crippen molar-refractivity contribution in [3.8, 4) is 29.0 Å². The number of hydrogen-bond acceptors (Lipinski definition) is 7. The number of ether oxygens (including phenoxy) is 1. The number of rotatable bonds is 5. The van der Waals surface area contributed by atoms with Gasteiger partial charge in [0, 0.05) is 42.9 Å². The van der Waals surface area contributed by atoms with Crippen LogP contribution in [0.4, 0.5) is 14.6 Å². The summed E-state index contributed by atoms with van der Waals surface area (Å²) in [6.07, 6.45) is 3.54. The van der Waals surface area contributed by atoms with Gasteiger partial charge >= 0.3 is 6.01 Å². The molecule has 3 atom stereocenters. The van der Waals surface area contributed by atoms with Crippen molar-refractivity contribution < 1.29 is 18.6 Å². The van der Waals surface area contributed by atoms with Crippen LogP contribution < -0.4 is 9.64 Å². The minimum Gasteiger partial charge on any atom is -0.508 e. The van der Waals surface area contributed by atoms with Gasteiger partial charge in [-0.05, 0) is 73.2 Å². The molecule has 1 aromatic heterocycles. The Morgan fingerprint density at radius 2 is 1.95 bits per heavy atom. The zero-order valence-electron chi connectivity index (χ0n) is 23.7. The molecule has 43 heavy (non-hydrogen) atoms. The van der Waals surface area contributed by atoms with Crippen LogP contribution in [0.25, 0.3) is 32.8 Å². The molecule has 7 nitrogen and oxygen atoms in total. The number of hydrogen-bond donors (Lipinski definition) is 1. The topological polar surface area (TPSA) is 85.5 Å². The quantitative estimate of drug-likeness (QED) is 0.262. The second-order valence-corrected chi connectivity index (χ2v) is 12.5. The van der Waals surface area contributed by atoms with E-state index in [1.54, 1.807) is 12.1 Å². The third-order valence-corrected chi connectivity index (χ3v) is 9.70. The van der Waals surface area contributed by atoms with Crippen molar-refractivity contribution in [1.82, 2.24) is 14.9 Å². The number of alkyl halides is 1. The van der Waals surface area contributed by atoms with E-state index in [9.17, 15) is 14.8 Å². The van der Waals surface area contributed by atoms with Gasteiger partial charge in [-0.3, -0.25) is 4.90 Å². The number of anilines is 1. The maximum absolute atomic E-state index is 16.8. The molecule has 10 heteroatoms. The SMILES string of the molecule is N#CC1CCCN(c2nc(OC[C@@]34CCCN3C[C@H](F)C4)nc3c(F)c(-c4cc(O)cc5ccccc45)c(Cl)cc23)CC1. The first-order valence-electron chi connectivity index (χ1n) is 14.9. The molecule has 0 saturated carbocycles. The molecule has 0 amide bonds. The molecule has 4 heterocycles. The van der Waals surface area contributed by atoms with E-state index in [0.29, 0.717) is 49.2 Å². The smallest absolute Gasteiger partial charge is 0.319 e. The van der Waals surface area contributed by atoms with Crippen LogP contribution >= 0.6 is 11.6 Å². The number of nitriles is 1. The van der Waals surface area contributed by atoms with Crippen LogP contribution in [0, 0.1) is 23.1 Å². The lowest BCUT2D eigenvalue weighted by Gasteiger charge is -2.31.